The molecule has 81 valence electrons. The predicted molar refractivity (Wildman–Crippen MR) is 65.2 cm³/mol. The largest absolute Gasteiger partial charge is 0.506 e. The molecule has 0 amide bonds. The van der Waals surface area contributed by atoms with Gasteiger partial charge in [0.15, 0.2) is 0 Å². The molecule has 0 aliphatic heterocycles. The summed E-state index contributed by atoms with van der Waals surface area (Å²) in [7, 11) is 0. The van der Waals surface area contributed by atoms with Gasteiger partial charge in [0.2, 0.25) is 0 Å². The first-order valence-corrected chi connectivity index (χ1v) is 5.42. The van der Waals surface area contributed by atoms with Gasteiger partial charge in [-0.05, 0) is 18.2 Å². The molecule has 0 unspecified atom stereocenters. The van der Waals surface area contributed by atoms with Crippen LogP contribution in [0.25, 0.3) is 11.1 Å². The fourth-order valence-electron chi connectivity index (χ4n) is 1.31. The lowest BCUT2D eigenvalue weighted by molar-refractivity contribution is 0.477. The van der Waals surface area contributed by atoms with Crippen molar-refractivity contribution in [2.75, 3.05) is 0 Å². The monoisotopic (exact) mass is 272 g/mol. The molecule has 2 nitrogen and oxygen atoms in total. The highest BCUT2D eigenvalue weighted by atomic mass is 35.5. The van der Waals surface area contributed by atoms with Gasteiger partial charge in [0.1, 0.15) is 10.8 Å². The van der Waals surface area contributed by atoms with Crippen LogP contribution in [-0.2, 0) is 0 Å². The summed E-state index contributed by atoms with van der Waals surface area (Å²) in [5.41, 5.74) is 0.895. The van der Waals surface area contributed by atoms with Gasteiger partial charge in [0, 0.05) is 23.5 Å². The lowest BCUT2D eigenvalue weighted by Gasteiger charge is -2.08. The van der Waals surface area contributed by atoms with Gasteiger partial charge < -0.3 is 5.11 Å². The Morgan fingerprint density at radius 2 is 1.62 bits per heavy atom. The highest BCUT2D eigenvalue weighted by Gasteiger charge is 2.14. The van der Waals surface area contributed by atoms with Crippen LogP contribution in [0.3, 0.4) is 0 Å². The molecule has 2 rings (SSSR count). The van der Waals surface area contributed by atoms with E-state index in [9.17, 15) is 5.11 Å². The average molecular weight is 274 g/mol. The molecule has 0 fully saturated rings. The number of hydrogen-bond acceptors (Lipinski definition) is 2. The van der Waals surface area contributed by atoms with Crippen LogP contribution in [0, 0.1) is 6.07 Å². The summed E-state index contributed by atoms with van der Waals surface area (Å²) in [5.74, 6) is -0.0910. The first-order valence-electron chi connectivity index (χ1n) is 4.29. The van der Waals surface area contributed by atoms with Gasteiger partial charge in [0.05, 0.1) is 10.0 Å². The van der Waals surface area contributed by atoms with Gasteiger partial charge >= 0.3 is 0 Å². The van der Waals surface area contributed by atoms with E-state index >= 15 is 0 Å². The second-order valence-corrected chi connectivity index (χ2v) is 4.27. The van der Waals surface area contributed by atoms with Gasteiger partial charge in [-0.3, -0.25) is 4.98 Å². The van der Waals surface area contributed by atoms with E-state index in [0.29, 0.717) is 21.2 Å². The van der Waals surface area contributed by atoms with Crippen LogP contribution in [0.4, 0.5) is 0 Å². The van der Waals surface area contributed by atoms with E-state index in [4.69, 9.17) is 34.8 Å². The van der Waals surface area contributed by atoms with E-state index in [2.05, 4.69) is 11.1 Å². The minimum absolute atomic E-state index is 0.0910. The zero-order valence-corrected chi connectivity index (χ0v) is 10.1. The quantitative estimate of drug-likeness (QED) is 0.844. The molecule has 0 bridgehead atoms. The SMILES string of the molecule is Oc1c(Cl)cncc1-c1c(Cl)c[c]cc1Cl. The van der Waals surface area contributed by atoms with Crippen LogP contribution in [0.1, 0.15) is 0 Å². The average Bonchev–Trinajstić information content (AvgIpc) is 2.24. The second kappa shape index (κ2) is 4.50. The molecule has 1 N–H and O–H groups in total. The topological polar surface area (TPSA) is 33.1 Å². The Kier molecular flexibility index (Phi) is 3.24. The zero-order chi connectivity index (χ0) is 11.7. The van der Waals surface area contributed by atoms with E-state index in [0.717, 1.165) is 0 Å². The highest BCUT2D eigenvalue weighted by molar-refractivity contribution is 6.39. The first kappa shape index (κ1) is 11.5. The summed E-state index contributed by atoms with van der Waals surface area (Å²) in [6.45, 7) is 0. The summed E-state index contributed by atoms with van der Waals surface area (Å²) < 4.78 is 0. The lowest BCUT2D eigenvalue weighted by Crippen LogP contribution is -1.85. The summed E-state index contributed by atoms with van der Waals surface area (Å²) in [5, 5.41) is 10.7. The minimum atomic E-state index is -0.0910. The van der Waals surface area contributed by atoms with E-state index in [1.807, 2.05) is 0 Å². The molecule has 0 saturated carbocycles. The maximum absolute atomic E-state index is 9.80. The molecule has 0 atom stereocenters. The van der Waals surface area contributed by atoms with Gasteiger partial charge in [-0.1, -0.05) is 34.8 Å². The molecule has 5 heteroatoms. The number of pyridine rings is 1. The summed E-state index contributed by atoms with van der Waals surface area (Å²) in [6.07, 6.45) is 2.80. The standard InChI is InChI=1S/C11H5Cl3NO/c12-7-2-1-3-8(13)10(7)6-4-15-5-9(14)11(6)16/h2-5H,(H,15,16). The Labute approximate surface area is 107 Å². The summed E-state index contributed by atoms with van der Waals surface area (Å²) >= 11 is 17.7. The molecule has 0 aliphatic carbocycles. The van der Waals surface area contributed by atoms with Crippen LogP contribution >= 0.6 is 34.8 Å². The zero-order valence-electron chi connectivity index (χ0n) is 7.84. The molecular formula is C11H5Cl3NO. The number of nitrogens with zero attached hydrogens (tertiary/aromatic N) is 1. The van der Waals surface area contributed by atoms with E-state index < -0.39 is 0 Å². The number of benzene rings is 1. The lowest BCUT2D eigenvalue weighted by atomic mass is 10.1. The van der Waals surface area contributed by atoms with Crippen molar-refractivity contribution in [3.8, 4) is 16.9 Å². The molecule has 1 radical (unpaired) electrons. The third-order valence-corrected chi connectivity index (χ3v) is 2.91. The third-order valence-electron chi connectivity index (χ3n) is 2.04. The first-order chi connectivity index (χ1) is 7.61. The van der Waals surface area contributed by atoms with E-state index in [-0.39, 0.29) is 10.8 Å². The molecular weight excluding hydrogens is 268 g/mol. The van der Waals surface area contributed by atoms with Crippen LogP contribution in [0.5, 0.6) is 5.75 Å². The van der Waals surface area contributed by atoms with Crippen molar-refractivity contribution in [1.82, 2.24) is 4.98 Å². The van der Waals surface area contributed by atoms with Crippen molar-refractivity contribution in [3.05, 3.63) is 45.7 Å². The Morgan fingerprint density at radius 1 is 1.00 bits per heavy atom. The van der Waals surface area contributed by atoms with Gasteiger partial charge in [0.25, 0.3) is 0 Å². The van der Waals surface area contributed by atoms with Crippen molar-refractivity contribution in [2.45, 2.75) is 0 Å². The maximum atomic E-state index is 9.80. The number of aromatic nitrogens is 1. The van der Waals surface area contributed by atoms with Gasteiger partial charge in [-0.25, -0.2) is 0 Å². The molecule has 1 aromatic heterocycles. The van der Waals surface area contributed by atoms with Crippen molar-refractivity contribution in [3.63, 3.8) is 0 Å². The van der Waals surface area contributed by atoms with Crippen molar-refractivity contribution >= 4 is 34.8 Å². The molecule has 0 spiro atoms. The van der Waals surface area contributed by atoms with Crippen LogP contribution in [-0.4, -0.2) is 10.1 Å². The predicted octanol–water partition coefficient (Wildman–Crippen LogP) is 4.21. The number of hydrogen-bond donors (Lipinski definition) is 1. The van der Waals surface area contributed by atoms with E-state index in [1.54, 1.807) is 12.1 Å². The molecule has 0 saturated heterocycles. The molecule has 2 aromatic rings. The second-order valence-electron chi connectivity index (χ2n) is 3.04. The molecule has 1 heterocycles. The normalized spacial score (nSPS) is 10.4. The number of aromatic hydroxyl groups is 1. The fraction of sp³-hybridized carbons (Fsp3) is 0. The van der Waals surface area contributed by atoms with Crippen molar-refractivity contribution in [1.29, 1.82) is 0 Å². The molecule has 0 aliphatic rings. The third kappa shape index (κ3) is 1.96. The summed E-state index contributed by atoms with van der Waals surface area (Å²) in [6, 6.07) is 5.89. The van der Waals surface area contributed by atoms with Crippen molar-refractivity contribution < 1.29 is 5.11 Å². The van der Waals surface area contributed by atoms with Crippen LogP contribution in [0.2, 0.25) is 15.1 Å². The van der Waals surface area contributed by atoms with Crippen molar-refractivity contribution in [2.24, 2.45) is 0 Å². The number of halogens is 3. The Hall–Kier alpha value is -0.960. The number of rotatable bonds is 1. The molecule has 16 heavy (non-hydrogen) atoms. The Morgan fingerprint density at radius 3 is 2.25 bits per heavy atom. The van der Waals surface area contributed by atoms with Gasteiger partial charge in [-0.2, -0.15) is 0 Å². The fourth-order valence-corrected chi connectivity index (χ4v) is 2.05. The van der Waals surface area contributed by atoms with Crippen LogP contribution < -0.4 is 0 Å². The molecule has 1 aromatic carbocycles. The maximum Gasteiger partial charge on any atom is 0.145 e. The van der Waals surface area contributed by atoms with Crippen LogP contribution in [0.15, 0.2) is 24.5 Å². The van der Waals surface area contributed by atoms with E-state index in [1.165, 1.54) is 12.4 Å². The van der Waals surface area contributed by atoms with Gasteiger partial charge in [-0.15, -0.1) is 0 Å². The Bertz CT molecular complexity index is 522. The Balaban J connectivity index is 2.73. The smallest absolute Gasteiger partial charge is 0.145 e. The minimum Gasteiger partial charge on any atom is -0.506 e. The highest BCUT2D eigenvalue weighted by Crippen LogP contribution is 2.41. The summed E-state index contributed by atoms with van der Waals surface area (Å²) in [4.78, 5) is 3.88.